The van der Waals surface area contributed by atoms with Crippen LogP contribution in [0.5, 0.6) is 0 Å². The number of halogens is 3. The van der Waals surface area contributed by atoms with Gasteiger partial charge in [0.15, 0.2) is 0 Å². The standard InChI is InChI=1S/C19H19F3N6O2S/c20-19(21,22)15-9-8-14(16(17(15)31(23,29)30)18-24-26-27-25-18)12-4-6-13(7-5-12)28-10-2-1-3-11-28/h4-9H,1-3,10-11H2,(H2,23,29,30)(H,24,25,26,27). The molecule has 1 aliphatic heterocycles. The molecule has 3 N–H and O–H groups in total. The van der Waals surface area contributed by atoms with E-state index in [4.69, 9.17) is 5.14 Å². The molecular formula is C19H19F3N6O2S. The summed E-state index contributed by atoms with van der Waals surface area (Å²) in [6.07, 6.45) is -1.57. The minimum atomic E-state index is -4.95. The zero-order valence-corrected chi connectivity index (χ0v) is 17.0. The van der Waals surface area contributed by atoms with Crippen molar-refractivity contribution in [2.75, 3.05) is 18.0 Å². The van der Waals surface area contributed by atoms with E-state index in [9.17, 15) is 21.6 Å². The van der Waals surface area contributed by atoms with Crippen LogP contribution in [0.15, 0.2) is 41.3 Å². The number of benzene rings is 2. The van der Waals surface area contributed by atoms with Crippen LogP contribution < -0.4 is 10.0 Å². The third-order valence-electron chi connectivity index (χ3n) is 5.22. The fraction of sp³-hybridized carbons (Fsp3) is 0.316. The molecule has 1 fully saturated rings. The number of rotatable bonds is 4. The number of tetrazole rings is 1. The molecule has 4 rings (SSSR count). The van der Waals surface area contributed by atoms with Gasteiger partial charge in [-0.1, -0.05) is 18.2 Å². The van der Waals surface area contributed by atoms with Crippen molar-refractivity contribution in [3.63, 3.8) is 0 Å². The number of nitrogens with two attached hydrogens (primary N) is 1. The normalized spacial score (nSPS) is 15.3. The zero-order valence-electron chi connectivity index (χ0n) is 16.2. The van der Waals surface area contributed by atoms with Gasteiger partial charge in [-0.2, -0.15) is 18.4 Å². The highest BCUT2D eigenvalue weighted by Crippen LogP contribution is 2.43. The summed E-state index contributed by atoms with van der Waals surface area (Å²) in [5.41, 5.74) is -0.0498. The first-order valence-electron chi connectivity index (χ1n) is 9.52. The van der Waals surface area contributed by atoms with Crippen molar-refractivity contribution in [2.24, 2.45) is 5.14 Å². The van der Waals surface area contributed by atoms with Crippen LogP contribution in [-0.4, -0.2) is 42.1 Å². The van der Waals surface area contributed by atoms with Crippen LogP contribution >= 0.6 is 0 Å². The number of alkyl halides is 3. The highest BCUT2D eigenvalue weighted by molar-refractivity contribution is 7.89. The fourth-order valence-corrected chi connectivity index (χ4v) is 4.81. The van der Waals surface area contributed by atoms with Crippen molar-refractivity contribution >= 4 is 15.7 Å². The molecule has 1 aromatic heterocycles. The molecule has 164 valence electrons. The van der Waals surface area contributed by atoms with Crippen LogP contribution in [0.1, 0.15) is 24.8 Å². The van der Waals surface area contributed by atoms with Crippen LogP contribution in [0.25, 0.3) is 22.5 Å². The first-order valence-corrected chi connectivity index (χ1v) is 11.1. The van der Waals surface area contributed by atoms with E-state index in [1.165, 1.54) is 12.5 Å². The molecule has 0 bridgehead atoms. The van der Waals surface area contributed by atoms with E-state index < -0.39 is 26.7 Å². The Kier molecular flexibility index (Phi) is 5.43. The van der Waals surface area contributed by atoms with E-state index in [0.29, 0.717) is 11.6 Å². The largest absolute Gasteiger partial charge is 0.417 e. The van der Waals surface area contributed by atoms with E-state index >= 15 is 0 Å². The summed E-state index contributed by atoms with van der Waals surface area (Å²) in [7, 11) is -4.78. The van der Waals surface area contributed by atoms with Gasteiger partial charge < -0.3 is 4.90 Å². The number of nitrogens with one attached hydrogen (secondary N) is 1. The molecule has 2 heterocycles. The lowest BCUT2D eigenvalue weighted by Gasteiger charge is -2.29. The topological polar surface area (TPSA) is 118 Å². The highest BCUT2D eigenvalue weighted by Gasteiger charge is 2.39. The van der Waals surface area contributed by atoms with E-state index in [1.807, 2.05) is 12.1 Å². The summed E-state index contributed by atoms with van der Waals surface area (Å²) >= 11 is 0. The Morgan fingerprint density at radius 3 is 2.23 bits per heavy atom. The lowest BCUT2D eigenvalue weighted by Crippen LogP contribution is -2.29. The van der Waals surface area contributed by atoms with Gasteiger partial charge in [-0.3, -0.25) is 0 Å². The molecule has 1 aliphatic rings. The summed E-state index contributed by atoms with van der Waals surface area (Å²) in [5, 5.41) is 18.2. The second-order valence-electron chi connectivity index (χ2n) is 7.24. The fourth-order valence-electron chi connectivity index (χ4n) is 3.84. The summed E-state index contributed by atoms with van der Waals surface area (Å²) < 4.78 is 65.3. The monoisotopic (exact) mass is 452 g/mol. The van der Waals surface area contributed by atoms with Gasteiger partial charge in [0, 0.05) is 18.8 Å². The average Bonchev–Trinajstić information content (AvgIpc) is 3.27. The van der Waals surface area contributed by atoms with Gasteiger partial charge in [0.2, 0.25) is 15.8 Å². The van der Waals surface area contributed by atoms with Gasteiger partial charge >= 0.3 is 6.18 Å². The summed E-state index contributed by atoms with van der Waals surface area (Å²) in [6, 6.07) is 9.06. The van der Waals surface area contributed by atoms with E-state index in [-0.39, 0.29) is 17.0 Å². The first kappa shape index (κ1) is 21.2. The zero-order chi connectivity index (χ0) is 22.2. The second-order valence-corrected chi connectivity index (χ2v) is 8.74. The predicted molar refractivity (Wildman–Crippen MR) is 107 cm³/mol. The van der Waals surface area contributed by atoms with Crippen molar-refractivity contribution < 1.29 is 21.6 Å². The highest BCUT2D eigenvalue weighted by atomic mass is 32.2. The van der Waals surface area contributed by atoms with Crippen molar-refractivity contribution in [3.8, 4) is 22.5 Å². The Morgan fingerprint density at radius 1 is 1.00 bits per heavy atom. The molecule has 8 nitrogen and oxygen atoms in total. The predicted octanol–water partition coefficient (Wildman–Crippen LogP) is 3.19. The Hall–Kier alpha value is -2.99. The quantitative estimate of drug-likeness (QED) is 0.628. The Labute approximate surface area is 176 Å². The lowest BCUT2D eigenvalue weighted by atomic mass is 9.96. The number of anilines is 1. The summed E-state index contributed by atoms with van der Waals surface area (Å²) in [6.45, 7) is 1.87. The SMILES string of the molecule is NS(=O)(=O)c1c(C(F)(F)F)ccc(-c2ccc(N3CCCCC3)cc2)c1-c1nn[nH]n1. The van der Waals surface area contributed by atoms with Crippen LogP contribution in [-0.2, 0) is 16.2 Å². The summed E-state index contributed by atoms with van der Waals surface area (Å²) in [4.78, 5) is 1.15. The molecule has 0 amide bonds. The minimum Gasteiger partial charge on any atom is -0.372 e. The minimum absolute atomic E-state index is 0.198. The third kappa shape index (κ3) is 4.26. The van der Waals surface area contributed by atoms with Gasteiger partial charge in [0.05, 0.1) is 11.1 Å². The molecule has 2 aromatic carbocycles. The van der Waals surface area contributed by atoms with Gasteiger partial charge in [-0.25, -0.2) is 13.6 Å². The van der Waals surface area contributed by atoms with Gasteiger partial charge in [0.25, 0.3) is 0 Å². The summed E-state index contributed by atoms with van der Waals surface area (Å²) in [5.74, 6) is -0.301. The number of H-pyrrole nitrogens is 1. The first-order chi connectivity index (χ1) is 14.7. The molecular weight excluding hydrogens is 433 g/mol. The number of sulfonamides is 1. The van der Waals surface area contributed by atoms with Crippen molar-refractivity contribution in [2.45, 2.75) is 30.3 Å². The lowest BCUT2D eigenvalue weighted by molar-refractivity contribution is -0.139. The van der Waals surface area contributed by atoms with E-state index in [1.54, 1.807) is 12.1 Å². The molecule has 0 spiro atoms. The molecule has 0 aliphatic carbocycles. The molecule has 31 heavy (non-hydrogen) atoms. The van der Waals surface area contributed by atoms with Crippen LogP contribution in [0, 0.1) is 0 Å². The smallest absolute Gasteiger partial charge is 0.372 e. The molecule has 0 radical (unpaired) electrons. The van der Waals surface area contributed by atoms with Crippen LogP contribution in [0.3, 0.4) is 0 Å². The number of hydrogen-bond acceptors (Lipinski definition) is 6. The van der Waals surface area contributed by atoms with Crippen LogP contribution in [0.2, 0.25) is 0 Å². The third-order valence-corrected chi connectivity index (χ3v) is 6.21. The molecule has 0 saturated carbocycles. The number of aromatic nitrogens is 4. The Balaban J connectivity index is 1.90. The number of nitrogens with zero attached hydrogens (tertiary/aromatic N) is 4. The Bertz CT molecular complexity index is 1170. The number of piperidine rings is 1. The van der Waals surface area contributed by atoms with E-state index in [0.717, 1.165) is 31.6 Å². The van der Waals surface area contributed by atoms with E-state index in [2.05, 4.69) is 25.5 Å². The maximum absolute atomic E-state index is 13.6. The van der Waals surface area contributed by atoms with Crippen molar-refractivity contribution in [1.82, 2.24) is 20.6 Å². The van der Waals surface area contributed by atoms with Gasteiger partial charge in [-0.05, 0) is 53.8 Å². The molecule has 0 atom stereocenters. The second kappa shape index (κ2) is 7.93. The molecule has 12 heteroatoms. The van der Waals surface area contributed by atoms with Crippen molar-refractivity contribution in [1.29, 1.82) is 0 Å². The number of hydrogen-bond donors (Lipinski definition) is 2. The molecule has 1 saturated heterocycles. The molecule has 0 unspecified atom stereocenters. The van der Waals surface area contributed by atoms with Crippen LogP contribution in [0.4, 0.5) is 18.9 Å². The van der Waals surface area contributed by atoms with Gasteiger partial charge in [-0.15, -0.1) is 10.2 Å². The number of primary sulfonamides is 1. The van der Waals surface area contributed by atoms with Gasteiger partial charge in [0.1, 0.15) is 4.90 Å². The Morgan fingerprint density at radius 2 is 1.68 bits per heavy atom. The molecule has 3 aromatic rings. The van der Waals surface area contributed by atoms with Crippen molar-refractivity contribution in [3.05, 3.63) is 42.0 Å². The maximum atomic E-state index is 13.6. The average molecular weight is 452 g/mol. The number of aromatic amines is 1. The maximum Gasteiger partial charge on any atom is 0.417 e.